The van der Waals surface area contributed by atoms with Gasteiger partial charge in [0.2, 0.25) is 0 Å². The average Bonchev–Trinajstić information content (AvgIpc) is 2.73. The zero-order chi connectivity index (χ0) is 15.0. The topological polar surface area (TPSA) is 20.2 Å². The summed E-state index contributed by atoms with van der Waals surface area (Å²) in [6, 6.07) is 18.8. The third-order valence-electron chi connectivity index (χ3n) is 5.41. The molecular formula is C20H22OS. The highest BCUT2D eigenvalue weighted by Crippen LogP contribution is 2.52. The molecule has 22 heavy (non-hydrogen) atoms. The first-order valence-corrected chi connectivity index (χ1v) is 9.29. The van der Waals surface area contributed by atoms with Crippen LogP contribution in [0.2, 0.25) is 0 Å². The molecule has 1 saturated carbocycles. The Morgan fingerprint density at radius 2 is 1.64 bits per heavy atom. The van der Waals surface area contributed by atoms with Crippen molar-refractivity contribution in [1.82, 2.24) is 0 Å². The Bertz CT molecular complexity index is 654. The van der Waals surface area contributed by atoms with E-state index in [1.807, 2.05) is 30.0 Å². The molecule has 0 bridgehead atoms. The van der Waals surface area contributed by atoms with Gasteiger partial charge in [-0.3, -0.25) is 0 Å². The van der Waals surface area contributed by atoms with Crippen LogP contribution in [0.15, 0.2) is 59.5 Å². The van der Waals surface area contributed by atoms with Crippen LogP contribution in [0.4, 0.5) is 0 Å². The molecule has 0 radical (unpaired) electrons. The molecule has 1 N–H and O–H groups in total. The van der Waals surface area contributed by atoms with Crippen molar-refractivity contribution < 1.29 is 5.11 Å². The summed E-state index contributed by atoms with van der Waals surface area (Å²) in [4.78, 5) is 1.25. The molecular weight excluding hydrogens is 288 g/mol. The van der Waals surface area contributed by atoms with Crippen LogP contribution in [0.3, 0.4) is 0 Å². The molecule has 1 nitrogen and oxygen atoms in total. The Morgan fingerprint density at radius 3 is 2.50 bits per heavy atom. The maximum atomic E-state index is 12.0. The second-order valence-electron chi connectivity index (χ2n) is 6.59. The van der Waals surface area contributed by atoms with Gasteiger partial charge < -0.3 is 5.11 Å². The molecule has 1 unspecified atom stereocenters. The molecule has 1 heterocycles. The molecule has 2 heteroatoms. The zero-order valence-corrected chi connectivity index (χ0v) is 13.6. The summed E-state index contributed by atoms with van der Waals surface area (Å²) in [5, 5.41) is 12.0. The second-order valence-corrected chi connectivity index (χ2v) is 7.65. The van der Waals surface area contributed by atoms with Gasteiger partial charge in [0.05, 0.1) is 0 Å². The van der Waals surface area contributed by atoms with E-state index in [0.717, 1.165) is 23.3 Å². The minimum atomic E-state index is -0.841. The minimum absolute atomic E-state index is 0.333. The van der Waals surface area contributed by atoms with Crippen molar-refractivity contribution in [2.75, 3.05) is 5.75 Å². The Kier molecular flexibility index (Phi) is 3.75. The number of benzene rings is 2. The molecule has 1 aliphatic heterocycles. The summed E-state index contributed by atoms with van der Waals surface area (Å²) in [6.07, 6.45) is 4.93. The van der Waals surface area contributed by atoms with Gasteiger partial charge in [-0.1, -0.05) is 61.4 Å². The van der Waals surface area contributed by atoms with Gasteiger partial charge in [0.1, 0.15) is 5.60 Å². The van der Waals surface area contributed by atoms with Crippen molar-refractivity contribution in [2.45, 2.75) is 36.2 Å². The fraction of sp³-hybridized carbons (Fsp3) is 0.400. The standard InChI is InChI=1S/C20H22OS/c21-20(16-9-2-1-3-10-16)17-11-5-4-8-15(17)14-22-19-13-7-6-12-18(19)20/h1-3,6-7,9-10,12-13,15,17,21H,4-5,8,11,14H2/t15-,17+,20?/m0/s1. The number of rotatable bonds is 1. The molecule has 114 valence electrons. The summed E-state index contributed by atoms with van der Waals surface area (Å²) in [7, 11) is 0. The second kappa shape index (κ2) is 5.75. The molecule has 3 atom stereocenters. The first-order chi connectivity index (χ1) is 10.8. The molecule has 4 rings (SSSR count). The van der Waals surface area contributed by atoms with Gasteiger partial charge >= 0.3 is 0 Å². The smallest absolute Gasteiger partial charge is 0.119 e. The van der Waals surface area contributed by atoms with E-state index in [-0.39, 0.29) is 0 Å². The first-order valence-electron chi connectivity index (χ1n) is 8.30. The van der Waals surface area contributed by atoms with Crippen molar-refractivity contribution in [3.63, 3.8) is 0 Å². The highest BCUT2D eigenvalue weighted by atomic mass is 32.2. The summed E-state index contributed by atoms with van der Waals surface area (Å²) in [5.41, 5.74) is 1.33. The Morgan fingerprint density at radius 1 is 0.909 bits per heavy atom. The summed E-state index contributed by atoms with van der Waals surface area (Å²) in [5.74, 6) is 2.08. The van der Waals surface area contributed by atoms with Crippen LogP contribution in [0.5, 0.6) is 0 Å². The lowest BCUT2D eigenvalue weighted by molar-refractivity contribution is -0.0242. The maximum absolute atomic E-state index is 12.0. The van der Waals surface area contributed by atoms with Crippen molar-refractivity contribution in [1.29, 1.82) is 0 Å². The fourth-order valence-electron chi connectivity index (χ4n) is 4.32. The number of hydrogen-bond acceptors (Lipinski definition) is 2. The molecule has 1 fully saturated rings. The van der Waals surface area contributed by atoms with E-state index in [9.17, 15) is 5.11 Å². The van der Waals surface area contributed by atoms with E-state index in [2.05, 4.69) is 36.4 Å². The van der Waals surface area contributed by atoms with Crippen molar-refractivity contribution >= 4 is 11.8 Å². The highest BCUT2D eigenvalue weighted by Gasteiger charge is 2.47. The zero-order valence-electron chi connectivity index (χ0n) is 12.7. The molecule has 1 aliphatic carbocycles. The van der Waals surface area contributed by atoms with Gasteiger partial charge in [-0.25, -0.2) is 0 Å². The van der Waals surface area contributed by atoms with Gasteiger partial charge in [-0.15, -0.1) is 11.8 Å². The lowest BCUT2D eigenvalue weighted by Crippen LogP contribution is -2.42. The normalized spacial score (nSPS) is 31.0. The minimum Gasteiger partial charge on any atom is -0.380 e. The van der Waals surface area contributed by atoms with E-state index in [4.69, 9.17) is 0 Å². The van der Waals surface area contributed by atoms with E-state index in [1.54, 1.807) is 0 Å². The average molecular weight is 310 g/mol. The Labute approximate surface area is 136 Å². The molecule has 0 aromatic heterocycles. The Balaban J connectivity index is 1.93. The van der Waals surface area contributed by atoms with Crippen molar-refractivity contribution in [3.05, 3.63) is 65.7 Å². The van der Waals surface area contributed by atoms with E-state index >= 15 is 0 Å². The molecule has 0 amide bonds. The van der Waals surface area contributed by atoms with Crippen LogP contribution in [0.1, 0.15) is 36.8 Å². The highest BCUT2D eigenvalue weighted by molar-refractivity contribution is 7.99. The molecule has 2 aromatic carbocycles. The largest absolute Gasteiger partial charge is 0.380 e. The predicted octanol–water partition coefficient (Wildman–Crippen LogP) is 4.83. The number of thioether (sulfide) groups is 1. The number of aliphatic hydroxyl groups is 1. The van der Waals surface area contributed by atoms with Gasteiger partial charge in [0.15, 0.2) is 0 Å². The molecule has 0 spiro atoms. The van der Waals surface area contributed by atoms with Gasteiger partial charge in [-0.2, -0.15) is 0 Å². The summed E-state index contributed by atoms with van der Waals surface area (Å²) in [6.45, 7) is 0. The van der Waals surface area contributed by atoms with Crippen LogP contribution in [-0.2, 0) is 5.60 Å². The monoisotopic (exact) mass is 310 g/mol. The van der Waals surface area contributed by atoms with Crippen LogP contribution in [0, 0.1) is 11.8 Å². The molecule has 2 aromatic rings. The SMILES string of the molecule is OC1(c2ccccc2)c2ccccc2SC[C@@H]2CCCC[C@H]21. The summed E-state index contributed by atoms with van der Waals surface area (Å²) >= 11 is 1.93. The van der Waals surface area contributed by atoms with Crippen LogP contribution < -0.4 is 0 Å². The number of hydrogen-bond donors (Lipinski definition) is 1. The van der Waals surface area contributed by atoms with E-state index in [1.165, 1.54) is 24.2 Å². The quantitative estimate of drug-likeness (QED) is 0.813. The Hall–Kier alpha value is -1.25. The molecule has 0 saturated heterocycles. The third-order valence-corrected chi connectivity index (χ3v) is 6.67. The van der Waals surface area contributed by atoms with Crippen LogP contribution >= 0.6 is 11.8 Å². The lowest BCUT2D eigenvalue weighted by Gasteiger charge is -2.42. The molecule has 2 aliphatic rings. The number of fused-ring (bicyclic) bond motifs is 2. The van der Waals surface area contributed by atoms with E-state index < -0.39 is 5.60 Å². The van der Waals surface area contributed by atoms with Crippen molar-refractivity contribution in [2.24, 2.45) is 11.8 Å². The van der Waals surface area contributed by atoms with Gasteiger partial charge in [0, 0.05) is 16.2 Å². The van der Waals surface area contributed by atoms with Crippen molar-refractivity contribution in [3.8, 4) is 0 Å². The maximum Gasteiger partial charge on any atom is 0.119 e. The van der Waals surface area contributed by atoms with E-state index in [0.29, 0.717) is 11.8 Å². The van der Waals surface area contributed by atoms with Gasteiger partial charge in [-0.05, 0) is 36.3 Å². The van der Waals surface area contributed by atoms with Crippen LogP contribution in [0.25, 0.3) is 0 Å². The fourth-order valence-corrected chi connectivity index (χ4v) is 5.67. The lowest BCUT2D eigenvalue weighted by atomic mass is 9.65. The summed E-state index contributed by atoms with van der Waals surface area (Å²) < 4.78 is 0. The van der Waals surface area contributed by atoms with Crippen LogP contribution in [-0.4, -0.2) is 10.9 Å². The van der Waals surface area contributed by atoms with Gasteiger partial charge in [0.25, 0.3) is 0 Å². The first kappa shape index (κ1) is 14.3. The third kappa shape index (κ3) is 2.21. The predicted molar refractivity (Wildman–Crippen MR) is 92.1 cm³/mol.